The number of rotatable bonds is 7. The average Bonchev–Trinajstić information content (AvgIpc) is 3.43. The van der Waals surface area contributed by atoms with Crippen LogP contribution >= 0.6 is 0 Å². The lowest BCUT2D eigenvalue weighted by atomic mass is 9.97. The number of piperidine rings is 1. The Morgan fingerprint density at radius 2 is 1.76 bits per heavy atom. The van der Waals surface area contributed by atoms with Crippen LogP contribution in [0.15, 0.2) is 90.0 Å². The lowest BCUT2D eigenvalue weighted by Crippen LogP contribution is -2.47. The van der Waals surface area contributed by atoms with Gasteiger partial charge in [-0.15, -0.1) is 0 Å². The SMILES string of the molecule is Cn1c(=O)n(C)c2c(N3CCOCC3)cc(-c3cccc4cc(-c5ccc(C(=O)NCC#Cc6cccc(NC7CCC(=O)NC7=O)c6)nc5)ncc34)cc21. The number of pyridine rings is 2. The van der Waals surface area contributed by atoms with Crippen molar-refractivity contribution in [2.45, 2.75) is 18.9 Å². The highest BCUT2D eigenvalue weighted by Gasteiger charge is 2.26. The number of carbonyl (C=O) groups is 3. The second-order valence-electron chi connectivity index (χ2n) is 13.6. The van der Waals surface area contributed by atoms with Gasteiger partial charge in [0, 0.05) is 68.2 Å². The van der Waals surface area contributed by atoms with E-state index in [1.165, 1.54) is 0 Å². The maximum atomic E-state index is 13.0. The van der Waals surface area contributed by atoms with Gasteiger partial charge in [0.1, 0.15) is 11.7 Å². The van der Waals surface area contributed by atoms with Crippen molar-refractivity contribution in [1.82, 2.24) is 29.7 Å². The largest absolute Gasteiger partial charge is 0.378 e. The van der Waals surface area contributed by atoms with Gasteiger partial charge in [0.25, 0.3) is 5.91 Å². The van der Waals surface area contributed by atoms with Gasteiger partial charge in [0.05, 0.1) is 42.2 Å². The van der Waals surface area contributed by atoms with Gasteiger partial charge < -0.3 is 20.3 Å². The Morgan fingerprint density at radius 3 is 2.56 bits per heavy atom. The van der Waals surface area contributed by atoms with Crippen molar-refractivity contribution in [2.75, 3.05) is 43.1 Å². The maximum absolute atomic E-state index is 13.0. The summed E-state index contributed by atoms with van der Waals surface area (Å²) in [6, 6.07) is 22.7. The van der Waals surface area contributed by atoms with E-state index in [0.29, 0.717) is 30.9 Å². The standard InChI is InChI=1S/C42H38N8O5/c1-48-36-22-29(23-37(39(36)49(2)42(48)54)50-16-18-55-19-17-50)31-10-4-8-27-21-35(45-25-32(27)31)28-11-12-33(44-24-28)40(52)43-15-5-7-26-6-3-9-30(20-26)46-34-13-14-38(51)47-41(34)53/h3-4,6,8-12,20-25,34,46H,13-19H2,1-2H3,(H,43,52)(H,47,51,53). The van der Waals surface area contributed by atoms with E-state index >= 15 is 0 Å². The van der Waals surface area contributed by atoms with Gasteiger partial charge in [0.2, 0.25) is 11.8 Å². The van der Waals surface area contributed by atoms with Crippen LogP contribution in [-0.2, 0) is 28.4 Å². The molecule has 3 aromatic carbocycles. The molecule has 2 fully saturated rings. The summed E-state index contributed by atoms with van der Waals surface area (Å²) in [4.78, 5) is 60.9. The fraction of sp³-hybridized carbons (Fsp3) is 0.238. The summed E-state index contributed by atoms with van der Waals surface area (Å²) in [6.45, 7) is 2.87. The summed E-state index contributed by atoms with van der Waals surface area (Å²) in [5, 5.41) is 10.2. The summed E-state index contributed by atoms with van der Waals surface area (Å²) in [5.41, 5.74) is 7.88. The second kappa shape index (κ2) is 14.9. The molecule has 276 valence electrons. The minimum atomic E-state index is -0.487. The molecule has 1 unspecified atom stereocenters. The number of hydrogen-bond donors (Lipinski definition) is 3. The van der Waals surface area contributed by atoms with Gasteiger partial charge >= 0.3 is 5.69 Å². The Kier molecular flexibility index (Phi) is 9.57. The van der Waals surface area contributed by atoms with Crippen LogP contribution in [0, 0.1) is 11.8 Å². The first-order chi connectivity index (χ1) is 26.7. The predicted molar refractivity (Wildman–Crippen MR) is 211 cm³/mol. The number of anilines is 2. The minimum absolute atomic E-state index is 0.0715. The summed E-state index contributed by atoms with van der Waals surface area (Å²) in [5.74, 6) is 5.03. The average molecular weight is 735 g/mol. The van der Waals surface area contributed by atoms with E-state index < -0.39 is 6.04 Å². The third kappa shape index (κ3) is 7.15. The number of benzene rings is 3. The van der Waals surface area contributed by atoms with Crippen molar-refractivity contribution >= 4 is 50.9 Å². The van der Waals surface area contributed by atoms with Gasteiger partial charge in [-0.3, -0.25) is 38.8 Å². The number of fused-ring (bicyclic) bond motifs is 2. The van der Waals surface area contributed by atoms with Crippen LogP contribution in [0.1, 0.15) is 28.9 Å². The molecule has 0 saturated carbocycles. The first-order valence-corrected chi connectivity index (χ1v) is 18.1. The number of hydrogen-bond acceptors (Lipinski definition) is 9. The molecule has 13 heteroatoms. The van der Waals surface area contributed by atoms with E-state index in [0.717, 1.165) is 63.0 Å². The molecule has 0 aliphatic carbocycles. The number of ether oxygens (including phenoxy) is 1. The molecule has 2 aliphatic rings. The van der Waals surface area contributed by atoms with E-state index in [9.17, 15) is 19.2 Å². The van der Waals surface area contributed by atoms with Gasteiger partial charge in [-0.25, -0.2) is 4.79 Å². The maximum Gasteiger partial charge on any atom is 0.328 e. The fourth-order valence-electron chi connectivity index (χ4n) is 7.17. The molecule has 3 aromatic heterocycles. The molecule has 3 amide bonds. The van der Waals surface area contributed by atoms with Crippen LogP contribution < -0.4 is 26.5 Å². The van der Waals surface area contributed by atoms with Crippen molar-refractivity contribution in [1.29, 1.82) is 0 Å². The lowest BCUT2D eigenvalue weighted by molar-refractivity contribution is -0.133. The number of morpholine rings is 1. The highest BCUT2D eigenvalue weighted by atomic mass is 16.5. The van der Waals surface area contributed by atoms with Crippen molar-refractivity contribution in [3.8, 4) is 34.2 Å². The first-order valence-electron chi connectivity index (χ1n) is 18.1. The minimum Gasteiger partial charge on any atom is -0.378 e. The van der Waals surface area contributed by atoms with E-state index in [-0.39, 0.29) is 42.1 Å². The van der Waals surface area contributed by atoms with Crippen LogP contribution in [-0.4, -0.2) is 75.7 Å². The normalized spacial score (nSPS) is 15.7. The number of nitrogens with zero attached hydrogens (tertiary/aromatic N) is 5. The van der Waals surface area contributed by atoms with Crippen molar-refractivity contribution in [3.05, 3.63) is 107 Å². The monoisotopic (exact) mass is 734 g/mol. The Balaban J connectivity index is 0.961. The zero-order valence-corrected chi connectivity index (χ0v) is 30.4. The summed E-state index contributed by atoms with van der Waals surface area (Å²) in [6.07, 6.45) is 4.22. The molecule has 0 bridgehead atoms. The number of aryl methyl sites for hydroxylation is 2. The Labute approximate surface area is 316 Å². The summed E-state index contributed by atoms with van der Waals surface area (Å²) < 4.78 is 9.03. The van der Waals surface area contributed by atoms with E-state index in [2.05, 4.69) is 55.9 Å². The molecule has 5 heterocycles. The quantitative estimate of drug-likeness (QED) is 0.163. The number of nitrogens with one attached hydrogen (secondary N) is 3. The Bertz CT molecular complexity index is 2610. The molecular weight excluding hydrogens is 697 g/mol. The molecule has 1 atom stereocenters. The van der Waals surface area contributed by atoms with E-state index in [1.807, 2.05) is 61.8 Å². The van der Waals surface area contributed by atoms with Crippen molar-refractivity contribution in [2.24, 2.45) is 14.1 Å². The van der Waals surface area contributed by atoms with Gasteiger partial charge in [-0.1, -0.05) is 36.1 Å². The molecular formula is C42H38N8O5. The highest BCUT2D eigenvalue weighted by molar-refractivity contribution is 6.03. The van der Waals surface area contributed by atoms with E-state index in [1.54, 1.807) is 28.4 Å². The molecule has 6 aromatic rings. The van der Waals surface area contributed by atoms with Crippen LogP contribution in [0.25, 0.3) is 44.2 Å². The fourth-order valence-corrected chi connectivity index (χ4v) is 7.17. The highest BCUT2D eigenvalue weighted by Crippen LogP contribution is 2.37. The third-order valence-corrected chi connectivity index (χ3v) is 10.1. The van der Waals surface area contributed by atoms with Gasteiger partial charge in [-0.2, -0.15) is 0 Å². The van der Waals surface area contributed by atoms with Crippen LogP contribution in [0.2, 0.25) is 0 Å². The van der Waals surface area contributed by atoms with E-state index in [4.69, 9.17) is 9.72 Å². The molecule has 2 aliphatic heterocycles. The first kappa shape index (κ1) is 35.3. The zero-order chi connectivity index (χ0) is 38.1. The summed E-state index contributed by atoms with van der Waals surface area (Å²) >= 11 is 0. The molecule has 55 heavy (non-hydrogen) atoms. The summed E-state index contributed by atoms with van der Waals surface area (Å²) in [7, 11) is 3.62. The third-order valence-electron chi connectivity index (χ3n) is 10.1. The predicted octanol–water partition coefficient (Wildman–Crippen LogP) is 3.99. The van der Waals surface area contributed by atoms with Crippen LogP contribution in [0.5, 0.6) is 0 Å². The molecule has 0 spiro atoms. The molecule has 0 radical (unpaired) electrons. The number of imidazole rings is 1. The second-order valence-corrected chi connectivity index (χ2v) is 13.6. The number of amides is 3. The van der Waals surface area contributed by atoms with Crippen LogP contribution in [0.3, 0.4) is 0 Å². The number of aromatic nitrogens is 4. The van der Waals surface area contributed by atoms with Crippen LogP contribution in [0.4, 0.5) is 11.4 Å². The Morgan fingerprint density at radius 1 is 0.927 bits per heavy atom. The topological polar surface area (TPSA) is 152 Å². The Hall–Kier alpha value is -6.78. The smallest absolute Gasteiger partial charge is 0.328 e. The van der Waals surface area contributed by atoms with Crippen molar-refractivity contribution in [3.63, 3.8) is 0 Å². The van der Waals surface area contributed by atoms with Gasteiger partial charge in [0.15, 0.2) is 0 Å². The van der Waals surface area contributed by atoms with Gasteiger partial charge in [-0.05, 0) is 71.5 Å². The number of carbonyl (C=O) groups excluding carboxylic acids is 3. The molecule has 3 N–H and O–H groups in total. The number of imide groups is 1. The lowest BCUT2D eigenvalue weighted by Gasteiger charge is -2.30. The molecule has 2 saturated heterocycles. The van der Waals surface area contributed by atoms with Crippen molar-refractivity contribution < 1.29 is 19.1 Å². The zero-order valence-electron chi connectivity index (χ0n) is 30.4. The molecule has 13 nitrogen and oxygen atoms in total. The molecule has 8 rings (SSSR count).